The summed E-state index contributed by atoms with van der Waals surface area (Å²) < 4.78 is 16.4. The van der Waals surface area contributed by atoms with Crippen LogP contribution in [0.15, 0.2) is 37.1 Å². The average molecular weight is 517 g/mol. The number of carbonyl (C=O) groups is 1. The Morgan fingerprint density at radius 3 is 2.73 bits per heavy atom. The normalized spacial score (nSPS) is 17.9. The molecule has 4 aromatic rings. The van der Waals surface area contributed by atoms with Gasteiger partial charge in [0.2, 0.25) is 5.91 Å². The molecule has 0 bridgehead atoms. The second kappa shape index (κ2) is 9.16. The Hall–Kier alpha value is -3.96. The molecule has 2 atom stereocenters. The van der Waals surface area contributed by atoms with Crippen LogP contribution in [0.4, 0.5) is 10.1 Å². The summed E-state index contributed by atoms with van der Waals surface area (Å²) in [5.74, 6) is -0.692. The third-order valence-electron chi connectivity index (χ3n) is 7.24. The number of halogens is 2. The van der Waals surface area contributed by atoms with Crippen LogP contribution >= 0.6 is 11.6 Å². The van der Waals surface area contributed by atoms with Gasteiger partial charge in [0, 0.05) is 59.0 Å². The van der Waals surface area contributed by atoms with E-state index >= 15 is 4.39 Å². The quantitative estimate of drug-likeness (QED) is 0.354. The second-order valence-electron chi connectivity index (χ2n) is 9.62. The lowest BCUT2D eigenvalue weighted by atomic mass is 9.93. The molecular formula is C28H26ClFN6O. The first-order valence-electron chi connectivity index (χ1n) is 12.0. The third-order valence-corrected chi connectivity index (χ3v) is 7.54. The Morgan fingerprint density at radius 1 is 1.27 bits per heavy atom. The second-order valence-corrected chi connectivity index (χ2v) is 10.0. The molecule has 1 N–H and O–H groups in total. The van der Waals surface area contributed by atoms with Gasteiger partial charge in [-0.1, -0.05) is 24.2 Å². The highest BCUT2D eigenvalue weighted by molar-refractivity contribution is 6.35. The standard InChI is InChI=1S/C28H26ClFN6O/c1-6-22(37)35-12-16(4)36(13-15(35)3)28-18(10-31)11-32-27-19(28)9-20(29)25(26(27)30)23-14(2)7-8-21-24(23)17(5)33-34-21/h6-9,11,15-16H,1,12-13H2,2-5H3,(H,33,34)/t15-,16+/m1/s1. The summed E-state index contributed by atoms with van der Waals surface area (Å²) in [6.45, 7) is 12.2. The number of nitrogens with zero attached hydrogens (tertiary/aromatic N) is 5. The minimum atomic E-state index is -0.550. The molecule has 1 aliphatic rings. The van der Waals surface area contributed by atoms with E-state index < -0.39 is 5.82 Å². The zero-order valence-electron chi connectivity index (χ0n) is 21.1. The molecule has 2 aromatic heterocycles. The fraction of sp³-hybridized carbons (Fsp3) is 0.286. The molecule has 1 fully saturated rings. The van der Waals surface area contributed by atoms with E-state index in [1.54, 1.807) is 11.0 Å². The monoisotopic (exact) mass is 516 g/mol. The number of carbonyl (C=O) groups excluding carboxylic acids is 1. The topological polar surface area (TPSA) is 88.9 Å². The number of anilines is 1. The molecule has 3 heterocycles. The summed E-state index contributed by atoms with van der Waals surface area (Å²) in [4.78, 5) is 20.5. The number of hydrogen-bond donors (Lipinski definition) is 1. The number of aromatic nitrogens is 3. The first-order chi connectivity index (χ1) is 17.7. The Bertz CT molecular complexity index is 1640. The van der Waals surface area contributed by atoms with Gasteiger partial charge >= 0.3 is 0 Å². The van der Waals surface area contributed by atoms with Crippen molar-refractivity contribution in [1.29, 1.82) is 5.26 Å². The van der Waals surface area contributed by atoms with Crippen molar-refractivity contribution in [2.45, 2.75) is 39.8 Å². The van der Waals surface area contributed by atoms with Crippen LogP contribution < -0.4 is 4.90 Å². The number of hydrogen-bond acceptors (Lipinski definition) is 5. The molecule has 37 heavy (non-hydrogen) atoms. The SMILES string of the molecule is C=CC(=O)N1C[C@H](C)N(c2c(C#N)cnc3c(F)c(-c4c(C)ccc5n[nH]c(C)c45)c(Cl)cc23)C[C@H]1C. The Labute approximate surface area is 219 Å². The van der Waals surface area contributed by atoms with E-state index in [-0.39, 0.29) is 34.1 Å². The van der Waals surface area contributed by atoms with Crippen molar-refractivity contribution in [3.63, 3.8) is 0 Å². The first-order valence-corrected chi connectivity index (χ1v) is 12.4. The van der Waals surface area contributed by atoms with Gasteiger partial charge in [-0.15, -0.1) is 0 Å². The summed E-state index contributed by atoms with van der Waals surface area (Å²) in [7, 11) is 0. The fourth-order valence-electron chi connectivity index (χ4n) is 5.42. The predicted octanol–water partition coefficient (Wildman–Crippen LogP) is 5.67. The molecule has 5 rings (SSSR count). The molecular weight excluding hydrogens is 491 g/mol. The molecule has 2 aromatic carbocycles. The third kappa shape index (κ3) is 3.82. The van der Waals surface area contributed by atoms with Crippen LogP contribution in [0, 0.1) is 31.0 Å². The van der Waals surface area contributed by atoms with Gasteiger partial charge in [0.15, 0.2) is 5.82 Å². The molecule has 0 unspecified atom stereocenters. The van der Waals surface area contributed by atoms with Crippen LogP contribution in [0.3, 0.4) is 0 Å². The maximum Gasteiger partial charge on any atom is 0.246 e. The number of aromatic amines is 1. The van der Waals surface area contributed by atoms with E-state index in [0.717, 1.165) is 22.2 Å². The van der Waals surface area contributed by atoms with Crippen molar-refractivity contribution in [3.8, 4) is 17.2 Å². The Balaban J connectivity index is 1.74. The van der Waals surface area contributed by atoms with Crippen molar-refractivity contribution >= 4 is 45.0 Å². The number of amides is 1. The van der Waals surface area contributed by atoms with Gasteiger partial charge in [-0.05, 0) is 51.5 Å². The van der Waals surface area contributed by atoms with Crippen molar-refractivity contribution in [3.05, 3.63) is 64.7 Å². The first kappa shape index (κ1) is 24.7. The highest BCUT2D eigenvalue weighted by Gasteiger charge is 2.34. The maximum absolute atomic E-state index is 16.4. The molecule has 0 saturated carbocycles. The van der Waals surface area contributed by atoms with Crippen molar-refractivity contribution < 1.29 is 9.18 Å². The number of piperazine rings is 1. The van der Waals surface area contributed by atoms with Crippen LogP contribution in [-0.2, 0) is 4.79 Å². The highest BCUT2D eigenvalue weighted by Crippen LogP contribution is 2.44. The van der Waals surface area contributed by atoms with Crippen LogP contribution in [0.1, 0.15) is 30.7 Å². The summed E-state index contributed by atoms with van der Waals surface area (Å²) in [6, 6.07) is 7.41. The molecule has 7 nitrogen and oxygen atoms in total. The number of fused-ring (bicyclic) bond motifs is 2. The molecule has 0 aliphatic carbocycles. The van der Waals surface area contributed by atoms with E-state index in [1.807, 2.05) is 44.7 Å². The largest absolute Gasteiger partial charge is 0.363 e. The molecule has 188 valence electrons. The van der Waals surface area contributed by atoms with Crippen molar-refractivity contribution in [2.75, 3.05) is 18.0 Å². The van der Waals surface area contributed by atoms with Gasteiger partial charge in [-0.25, -0.2) is 4.39 Å². The summed E-state index contributed by atoms with van der Waals surface area (Å²) in [5.41, 5.74) is 4.34. The zero-order valence-corrected chi connectivity index (χ0v) is 21.8. The number of benzene rings is 2. The Kier molecular flexibility index (Phi) is 6.12. The number of H-pyrrole nitrogens is 1. The van der Waals surface area contributed by atoms with Gasteiger partial charge in [-0.3, -0.25) is 14.9 Å². The van der Waals surface area contributed by atoms with Gasteiger partial charge in [0.25, 0.3) is 0 Å². The maximum atomic E-state index is 16.4. The van der Waals surface area contributed by atoms with Crippen molar-refractivity contribution in [1.82, 2.24) is 20.1 Å². The van der Waals surface area contributed by atoms with E-state index in [0.29, 0.717) is 35.3 Å². The lowest BCUT2D eigenvalue weighted by Gasteiger charge is -2.45. The van der Waals surface area contributed by atoms with Crippen LogP contribution in [0.5, 0.6) is 0 Å². The van der Waals surface area contributed by atoms with E-state index in [4.69, 9.17) is 11.6 Å². The number of pyridine rings is 1. The lowest BCUT2D eigenvalue weighted by Crippen LogP contribution is -2.58. The molecule has 1 amide bonds. The van der Waals surface area contributed by atoms with E-state index in [9.17, 15) is 10.1 Å². The summed E-state index contributed by atoms with van der Waals surface area (Å²) in [6.07, 6.45) is 2.72. The Morgan fingerprint density at radius 2 is 2.03 bits per heavy atom. The molecule has 1 aliphatic heterocycles. The smallest absolute Gasteiger partial charge is 0.246 e. The average Bonchev–Trinajstić information content (AvgIpc) is 3.25. The highest BCUT2D eigenvalue weighted by atomic mass is 35.5. The molecule has 9 heteroatoms. The number of nitriles is 1. The fourth-order valence-corrected chi connectivity index (χ4v) is 5.71. The summed E-state index contributed by atoms with van der Waals surface area (Å²) in [5, 5.41) is 18.7. The molecule has 0 radical (unpaired) electrons. The zero-order chi connectivity index (χ0) is 26.6. The molecule has 0 spiro atoms. The van der Waals surface area contributed by atoms with Gasteiger partial charge in [0.05, 0.1) is 21.8 Å². The van der Waals surface area contributed by atoms with E-state index in [1.165, 1.54) is 12.3 Å². The number of rotatable bonds is 3. The predicted molar refractivity (Wildman–Crippen MR) is 144 cm³/mol. The lowest BCUT2D eigenvalue weighted by molar-refractivity contribution is -0.128. The van der Waals surface area contributed by atoms with Crippen LogP contribution in [-0.4, -0.2) is 51.2 Å². The van der Waals surface area contributed by atoms with Gasteiger partial charge in [-0.2, -0.15) is 10.4 Å². The van der Waals surface area contributed by atoms with E-state index in [2.05, 4.69) is 27.8 Å². The minimum Gasteiger partial charge on any atom is -0.363 e. The van der Waals surface area contributed by atoms with Gasteiger partial charge in [0.1, 0.15) is 11.6 Å². The molecule has 1 saturated heterocycles. The number of aryl methyl sites for hydroxylation is 2. The summed E-state index contributed by atoms with van der Waals surface area (Å²) >= 11 is 6.83. The van der Waals surface area contributed by atoms with Gasteiger partial charge < -0.3 is 9.80 Å². The minimum absolute atomic E-state index is 0.135. The van der Waals surface area contributed by atoms with Crippen LogP contribution in [0.2, 0.25) is 5.02 Å². The number of nitrogens with one attached hydrogen (secondary N) is 1. The van der Waals surface area contributed by atoms with Crippen LogP contribution in [0.25, 0.3) is 32.9 Å². The van der Waals surface area contributed by atoms with Crippen molar-refractivity contribution in [2.24, 2.45) is 0 Å².